The number of nitrogens with one attached hydrogen (secondary N) is 1. The molecule has 8 nitrogen and oxygen atoms in total. The average molecular weight is 495 g/mol. The molecule has 0 saturated heterocycles. The first-order valence-electron chi connectivity index (χ1n) is 10.9. The highest BCUT2D eigenvalue weighted by atomic mass is 19.3. The van der Waals surface area contributed by atoms with E-state index in [4.69, 9.17) is 24.1 Å². The van der Waals surface area contributed by atoms with Crippen molar-refractivity contribution < 1.29 is 37.2 Å². The monoisotopic (exact) mass is 495 g/mol. The number of aryl methyl sites for hydroxylation is 1. The van der Waals surface area contributed by atoms with Crippen LogP contribution in [0.5, 0.6) is 11.5 Å². The molecule has 0 atom stereocenters. The maximum absolute atomic E-state index is 14.7. The molecule has 190 valence electrons. The van der Waals surface area contributed by atoms with Crippen LogP contribution in [0.15, 0.2) is 30.3 Å². The zero-order chi connectivity index (χ0) is 25.4. The minimum Gasteiger partial charge on any atom is -0.493 e. The fraction of sp³-hybridized carbons (Fsp3) is 0.417. The molecule has 11 heteroatoms. The molecule has 0 saturated carbocycles. The van der Waals surface area contributed by atoms with Gasteiger partial charge in [0.2, 0.25) is 0 Å². The number of aliphatic hydroxyl groups is 1. The van der Waals surface area contributed by atoms with Crippen molar-refractivity contribution >= 4 is 16.7 Å². The van der Waals surface area contributed by atoms with Crippen LogP contribution in [-0.2, 0) is 21.9 Å². The molecular weight excluding hydrogens is 467 g/mol. The number of aliphatic hydroxyl groups excluding tert-OH is 1. The number of rotatable bonds is 13. The summed E-state index contributed by atoms with van der Waals surface area (Å²) in [5.74, 6) is -3.06. The predicted molar refractivity (Wildman–Crippen MR) is 124 cm³/mol. The maximum atomic E-state index is 14.7. The number of anilines is 1. The van der Waals surface area contributed by atoms with Gasteiger partial charge in [0, 0.05) is 30.7 Å². The number of hydrogen-bond donors (Lipinski definition) is 2. The van der Waals surface area contributed by atoms with Gasteiger partial charge in [-0.2, -0.15) is 8.78 Å². The van der Waals surface area contributed by atoms with Crippen LogP contribution in [0, 0.1) is 12.7 Å². The predicted octanol–water partition coefficient (Wildman–Crippen LogP) is 3.82. The van der Waals surface area contributed by atoms with Crippen LogP contribution in [0.2, 0.25) is 0 Å². The Morgan fingerprint density at radius 1 is 1.03 bits per heavy atom. The van der Waals surface area contributed by atoms with Crippen molar-refractivity contribution in [1.82, 2.24) is 9.97 Å². The van der Waals surface area contributed by atoms with Gasteiger partial charge in [0.15, 0.2) is 11.5 Å². The Labute approximate surface area is 201 Å². The molecule has 3 rings (SSSR count). The van der Waals surface area contributed by atoms with E-state index in [1.807, 2.05) is 0 Å². The summed E-state index contributed by atoms with van der Waals surface area (Å²) in [5, 5.41) is 12.5. The number of hydrogen-bond acceptors (Lipinski definition) is 8. The lowest BCUT2D eigenvalue weighted by Gasteiger charge is -2.17. The number of benzene rings is 2. The molecule has 0 fully saturated rings. The summed E-state index contributed by atoms with van der Waals surface area (Å²) in [6.07, 6.45) is 0. The Balaban J connectivity index is 1.85. The molecule has 0 unspecified atom stereocenters. The first kappa shape index (κ1) is 26.5. The fourth-order valence-corrected chi connectivity index (χ4v) is 3.38. The van der Waals surface area contributed by atoms with Crippen molar-refractivity contribution in [3.63, 3.8) is 0 Å². The third-order valence-electron chi connectivity index (χ3n) is 5.13. The second-order valence-corrected chi connectivity index (χ2v) is 7.59. The number of fused-ring (bicyclic) bond motifs is 1. The molecule has 35 heavy (non-hydrogen) atoms. The minimum atomic E-state index is -3.69. The van der Waals surface area contributed by atoms with Gasteiger partial charge < -0.3 is 29.4 Å². The number of ether oxygens (including phenoxy) is 4. The number of nitrogens with zero attached hydrogens (tertiary/aromatic N) is 2. The topological polar surface area (TPSA) is 95.0 Å². The Morgan fingerprint density at radius 3 is 2.51 bits per heavy atom. The van der Waals surface area contributed by atoms with Crippen LogP contribution in [0.3, 0.4) is 0 Å². The Bertz CT molecular complexity index is 1150. The zero-order valence-electron chi connectivity index (χ0n) is 19.7. The third kappa shape index (κ3) is 6.50. The van der Waals surface area contributed by atoms with Gasteiger partial charge in [-0.3, -0.25) is 0 Å². The highest BCUT2D eigenvalue weighted by Gasteiger charge is 2.34. The standard InChI is InChI=1S/C24H28F3N3O5/c1-15-29-19-12-20(33-3)21(35-10-9-34-8-7-32-2)11-17(19)23(30-15)28-13-16-5-4-6-18(22(16)25)24(26,27)14-31/h4-6,11-12,31H,7-10,13-14H2,1-3H3,(H,28,29,30). The molecule has 1 heterocycles. The van der Waals surface area contributed by atoms with Crippen molar-refractivity contribution in [2.45, 2.75) is 19.4 Å². The molecule has 0 aliphatic rings. The van der Waals surface area contributed by atoms with E-state index in [2.05, 4.69) is 15.3 Å². The fourth-order valence-electron chi connectivity index (χ4n) is 3.38. The lowest BCUT2D eigenvalue weighted by atomic mass is 10.0. The van der Waals surface area contributed by atoms with E-state index in [-0.39, 0.29) is 18.7 Å². The van der Waals surface area contributed by atoms with E-state index in [1.54, 1.807) is 26.2 Å². The van der Waals surface area contributed by atoms with Crippen LogP contribution in [0.4, 0.5) is 19.0 Å². The Hall–Kier alpha value is -3.15. The lowest BCUT2D eigenvalue weighted by molar-refractivity contribution is -0.0583. The third-order valence-corrected chi connectivity index (χ3v) is 5.13. The first-order valence-corrected chi connectivity index (χ1v) is 10.9. The molecule has 0 aliphatic carbocycles. The summed E-state index contributed by atoms with van der Waals surface area (Å²) in [6, 6.07) is 7.04. The summed E-state index contributed by atoms with van der Waals surface area (Å²) in [5.41, 5.74) is -0.309. The average Bonchev–Trinajstić information content (AvgIpc) is 2.84. The second-order valence-electron chi connectivity index (χ2n) is 7.59. The lowest BCUT2D eigenvalue weighted by Crippen LogP contribution is -2.21. The van der Waals surface area contributed by atoms with E-state index in [0.717, 1.165) is 6.07 Å². The molecule has 0 aliphatic heterocycles. The SMILES string of the molecule is COCCOCCOc1cc2c(NCc3cccc(C(F)(F)CO)c3F)nc(C)nc2cc1OC. The van der Waals surface area contributed by atoms with Crippen LogP contribution in [0.1, 0.15) is 17.0 Å². The minimum absolute atomic E-state index is 0.00164. The highest BCUT2D eigenvalue weighted by Crippen LogP contribution is 2.35. The van der Waals surface area contributed by atoms with Gasteiger partial charge in [0.25, 0.3) is 5.92 Å². The largest absolute Gasteiger partial charge is 0.493 e. The van der Waals surface area contributed by atoms with Crippen molar-refractivity contribution in [1.29, 1.82) is 0 Å². The van der Waals surface area contributed by atoms with Gasteiger partial charge in [0.05, 0.1) is 38.0 Å². The molecule has 2 N–H and O–H groups in total. The van der Waals surface area contributed by atoms with Crippen LogP contribution in [-0.4, -0.2) is 62.3 Å². The van der Waals surface area contributed by atoms with Crippen molar-refractivity contribution in [3.8, 4) is 11.5 Å². The zero-order valence-corrected chi connectivity index (χ0v) is 19.7. The molecule has 1 aromatic heterocycles. The first-order chi connectivity index (χ1) is 16.8. The van der Waals surface area contributed by atoms with Crippen molar-refractivity contribution in [2.24, 2.45) is 0 Å². The molecule has 0 radical (unpaired) electrons. The normalized spacial score (nSPS) is 11.6. The van der Waals surface area contributed by atoms with E-state index >= 15 is 0 Å². The van der Waals surface area contributed by atoms with Crippen molar-refractivity contribution in [3.05, 3.63) is 53.1 Å². The van der Waals surface area contributed by atoms with E-state index in [9.17, 15) is 13.2 Å². The van der Waals surface area contributed by atoms with Crippen LogP contribution < -0.4 is 14.8 Å². The Morgan fingerprint density at radius 2 is 1.80 bits per heavy atom. The van der Waals surface area contributed by atoms with Crippen LogP contribution in [0.25, 0.3) is 10.9 Å². The molecule has 0 bridgehead atoms. The van der Waals surface area contributed by atoms with Gasteiger partial charge >= 0.3 is 0 Å². The summed E-state index contributed by atoms with van der Waals surface area (Å²) >= 11 is 0. The number of halogens is 3. The smallest absolute Gasteiger partial charge is 0.298 e. The van der Waals surface area contributed by atoms with Crippen LogP contribution >= 0.6 is 0 Å². The maximum Gasteiger partial charge on any atom is 0.298 e. The van der Waals surface area contributed by atoms with Gasteiger partial charge in [0.1, 0.15) is 30.7 Å². The van der Waals surface area contributed by atoms with Crippen molar-refractivity contribution in [2.75, 3.05) is 52.6 Å². The summed E-state index contributed by atoms with van der Waals surface area (Å²) in [4.78, 5) is 8.81. The summed E-state index contributed by atoms with van der Waals surface area (Å²) < 4.78 is 64.1. The summed E-state index contributed by atoms with van der Waals surface area (Å²) in [7, 11) is 3.10. The molecule has 3 aromatic rings. The van der Waals surface area contributed by atoms with Gasteiger partial charge in [-0.15, -0.1) is 0 Å². The number of aromatic nitrogens is 2. The van der Waals surface area contributed by atoms with E-state index < -0.39 is 23.9 Å². The van der Waals surface area contributed by atoms with Gasteiger partial charge in [-0.05, 0) is 19.1 Å². The highest BCUT2D eigenvalue weighted by molar-refractivity contribution is 5.91. The molecule has 0 amide bonds. The molecular formula is C24H28F3N3O5. The van der Waals surface area contributed by atoms with Gasteiger partial charge in [-0.1, -0.05) is 12.1 Å². The Kier molecular flexibility index (Phi) is 9.07. The quantitative estimate of drug-likeness (QED) is 0.346. The molecule has 2 aromatic carbocycles. The van der Waals surface area contributed by atoms with Gasteiger partial charge in [-0.25, -0.2) is 14.4 Å². The van der Waals surface area contributed by atoms with E-state index in [0.29, 0.717) is 53.9 Å². The molecule has 0 spiro atoms. The second kappa shape index (κ2) is 12.0. The number of alkyl halides is 2. The number of methoxy groups -OCH3 is 2. The summed E-state index contributed by atoms with van der Waals surface area (Å²) in [6.45, 7) is 1.61. The van der Waals surface area contributed by atoms with E-state index in [1.165, 1.54) is 19.2 Å².